The number of carbonyl (C=O) groups excluding carboxylic acids is 1. The van der Waals surface area contributed by atoms with E-state index in [0.29, 0.717) is 19.6 Å². The normalized spacial score (nSPS) is 10.4. The van der Waals surface area contributed by atoms with Crippen LogP contribution in [0, 0.1) is 0 Å². The van der Waals surface area contributed by atoms with Gasteiger partial charge in [-0.2, -0.15) is 0 Å². The molecule has 1 rings (SSSR count). The molecule has 0 aliphatic rings. The number of halogens is 1. The molecular formula is C16H24BrNO3. The first-order chi connectivity index (χ1) is 10.2. The Morgan fingerprint density at radius 2 is 2.10 bits per heavy atom. The molecule has 0 fully saturated rings. The van der Waals surface area contributed by atoms with Crippen LogP contribution in [0.25, 0.3) is 0 Å². The number of hydrogen-bond acceptors (Lipinski definition) is 4. The van der Waals surface area contributed by atoms with Crippen molar-refractivity contribution in [3.63, 3.8) is 0 Å². The Hall–Kier alpha value is -1.07. The molecule has 0 heterocycles. The van der Waals surface area contributed by atoms with E-state index in [4.69, 9.17) is 9.47 Å². The van der Waals surface area contributed by atoms with Crippen molar-refractivity contribution in [3.05, 3.63) is 28.2 Å². The molecule has 0 spiro atoms. The van der Waals surface area contributed by atoms with Crippen molar-refractivity contribution >= 4 is 21.9 Å². The molecule has 0 saturated carbocycles. The van der Waals surface area contributed by atoms with Crippen LogP contribution in [0.2, 0.25) is 0 Å². The maximum absolute atomic E-state index is 11.2. The molecule has 0 bridgehead atoms. The fourth-order valence-corrected chi connectivity index (χ4v) is 2.48. The Labute approximate surface area is 135 Å². The Morgan fingerprint density at radius 3 is 2.76 bits per heavy atom. The van der Waals surface area contributed by atoms with E-state index in [1.54, 1.807) is 0 Å². The third kappa shape index (κ3) is 7.48. The Bertz CT molecular complexity index is 438. The molecule has 0 unspecified atom stereocenters. The van der Waals surface area contributed by atoms with E-state index in [2.05, 4.69) is 33.4 Å². The van der Waals surface area contributed by atoms with Crippen LogP contribution in [-0.4, -0.2) is 26.2 Å². The minimum atomic E-state index is -0.110. The second-order valence-electron chi connectivity index (χ2n) is 4.76. The van der Waals surface area contributed by atoms with E-state index in [-0.39, 0.29) is 5.97 Å². The summed E-state index contributed by atoms with van der Waals surface area (Å²) in [5, 5.41) is 3.12. The van der Waals surface area contributed by atoms with E-state index in [1.807, 2.05) is 20.0 Å². The molecular weight excluding hydrogens is 334 g/mol. The Kier molecular flexibility index (Phi) is 9.10. The van der Waals surface area contributed by atoms with Gasteiger partial charge in [-0.25, -0.2) is 0 Å². The third-order valence-corrected chi connectivity index (χ3v) is 3.59. The molecule has 0 amide bonds. The van der Waals surface area contributed by atoms with Gasteiger partial charge in [-0.05, 0) is 66.9 Å². The van der Waals surface area contributed by atoms with E-state index in [9.17, 15) is 4.79 Å². The van der Waals surface area contributed by atoms with Crippen LogP contribution in [-0.2, 0) is 16.1 Å². The lowest BCUT2D eigenvalue weighted by Crippen LogP contribution is -2.05. The van der Waals surface area contributed by atoms with Gasteiger partial charge in [0.1, 0.15) is 5.75 Å². The predicted octanol–water partition coefficient (Wildman–Crippen LogP) is 3.67. The molecule has 0 aliphatic carbocycles. The summed E-state index contributed by atoms with van der Waals surface area (Å²) in [7, 11) is 1.93. The second-order valence-corrected chi connectivity index (χ2v) is 5.61. The molecule has 0 aliphatic heterocycles. The van der Waals surface area contributed by atoms with Gasteiger partial charge in [0.25, 0.3) is 0 Å². The second kappa shape index (κ2) is 10.6. The van der Waals surface area contributed by atoms with Gasteiger partial charge in [0.05, 0.1) is 17.7 Å². The number of esters is 1. The van der Waals surface area contributed by atoms with Crippen LogP contribution in [0.5, 0.6) is 5.75 Å². The summed E-state index contributed by atoms with van der Waals surface area (Å²) in [5.41, 5.74) is 1.21. The van der Waals surface area contributed by atoms with Crippen molar-refractivity contribution in [2.45, 2.75) is 39.2 Å². The molecule has 5 heteroatoms. The van der Waals surface area contributed by atoms with Crippen LogP contribution in [0.4, 0.5) is 0 Å². The average molecular weight is 358 g/mol. The molecule has 1 aromatic rings. The van der Waals surface area contributed by atoms with Gasteiger partial charge in [0, 0.05) is 13.0 Å². The van der Waals surface area contributed by atoms with Gasteiger partial charge in [0.15, 0.2) is 0 Å². The topological polar surface area (TPSA) is 47.6 Å². The highest BCUT2D eigenvalue weighted by Gasteiger charge is 2.03. The van der Waals surface area contributed by atoms with Crippen molar-refractivity contribution in [2.24, 2.45) is 0 Å². The zero-order valence-electron chi connectivity index (χ0n) is 12.8. The monoisotopic (exact) mass is 357 g/mol. The standard InChI is InChI=1S/C16H24BrNO3/c1-3-20-16(19)7-5-4-6-10-21-15-9-8-13(12-18-2)11-14(15)17/h8-9,11,18H,3-7,10,12H2,1-2H3. The van der Waals surface area contributed by atoms with Crippen LogP contribution in [0.1, 0.15) is 38.2 Å². The number of hydrogen-bond donors (Lipinski definition) is 1. The first kappa shape index (κ1) is 18.0. The number of rotatable bonds is 10. The smallest absolute Gasteiger partial charge is 0.305 e. The van der Waals surface area contributed by atoms with Crippen molar-refractivity contribution in [3.8, 4) is 5.75 Å². The van der Waals surface area contributed by atoms with Crippen LogP contribution in [0.15, 0.2) is 22.7 Å². The van der Waals surface area contributed by atoms with Crippen LogP contribution < -0.4 is 10.1 Å². The summed E-state index contributed by atoms with van der Waals surface area (Å²) in [5.74, 6) is 0.751. The van der Waals surface area contributed by atoms with E-state index >= 15 is 0 Å². The minimum Gasteiger partial charge on any atom is -0.492 e. The molecule has 0 atom stereocenters. The number of carbonyl (C=O) groups is 1. The molecule has 21 heavy (non-hydrogen) atoms. The minimum absolute atomic E-state index is 0.110. The highest BCUT2D eigenvalue weighted by Crippen LogP contribution is 2.26. The molecule has 0 aromatic heterocycles. The third-order valence-electron chi connectivity index (χ3n) is 2.97. The van der Waals surface area contributed by atoms with Crippen LogP contribution in [0.3, 0.4) is 0 Å². The van der Waals surface area contributed by atoms with E-state index in [0.717, 1.165) is 36.0 Å². The quantitative estimate of drug-likeness (QED) is 0.512. The summed E-state index contributed by atoms with van der Waals surface area (Å²) in [6.07, 6.45) is 3.25. The summed E-state index contributed by atoms with van der Waals surface area (Å²) >= 11 is 3.52. The fraction of sp³-hybridized carbons (Fsp3) is 0.562. The maximum Gasteiger partial charge on any atom is 0.305 e. The first-order valence-electron chi connectivity index (χ1n) is 7.38. The molecule has 118 valence electrons. The number of ether oxygens (including phenoxy) is 2. The van der Waals surface area contributed by atoms with E-state index < -0.39 is 0 Å². The lowest BCUT2D eigenvalue weighted by atomic mass is 10.2. The number of benzene rings is 1. The van der Waals surface area contributed by atoms with Gasteiger partial charge >= 0.3 is 5.97 Å². The average Bonchev–Trinajstić information content (AvgIpc) is 2.45. The summed E-state index contributed by atoms with van der Waals surface area (Å²) in [4.78, 5) is 11.2. The van der Waals surface area contributed by atoms with Gasteiger partial charge in [0.2, 0.25) is 0 Å². The van der Waals surface area contributed by atoms with Crippen LogP contribution >= 0.6 is 15.9 Å². The SMILES string of the molecule is CCOC(=O)CCCCCOc1ccc(CNC)cc1Br. The predicted molar refractivity (Wildman–Crippen MR) is 87.5 cm³/mol. The van der Waals surface area contributed by atoms with Gasteiger partial charge in [-0.15, -0.1) is 0 Å². The fourth-order valence-electron chi connectivity index (χ4n) is 1.94. The lowest BCUT2D eigenvalue weighted by Gasteiger charge is -2.09. The number of nitrogens with one attached hydrogen (secondary N) is 1. The van der Waals surface area contributed by atoms with Crippen molar-refractivity contribution in [1.29, 1.82) is 0 Å². The largest absolute Gasteiger partial charge is 0.492 e. The van der Waals surface area contributed by atoms with Crippen molar-refractivity contribution in [1.82, 2.24) is 5.32 Å². The Morgan fingerprint density at radius 1 is 1.29 bits per heavy atom. The molecule has 1 aromatic carbocycles. The van der Waals surface area contributed by atoms with E-state index in [1.165, 1.54) is 5.56 Å². The highest BCUT2D eigenvalue weighted by atomic mass is 79.9. The van der Waals surface area contributed by atoms with Crippen molar-refractivity contribution in [2.75, 3.05) is 20.3 Å². The summed E-state index contributed by atoms with van der Waals surface area (Å²) < 4.78 is 11.6. The summed E-state index contributed by atoms with van der Waals surface area (Å²) in [6, 6.07) is 6.10. The first-order valence-corrected chi connectivity index (χ1v) is 8.18. The Balaban J connectivity index is 2.19. The zero-order chi connectivity index (χ0) is 15.5. The van der Waals surface area contributed by atoms with Gasteiger partial charge in [-0.3, -0.25) is 4.79 Å². The summed E-state index contributed by atoms with van der Waals surface area (Å²) in [6.45, 7) is 3.78. The van der Waals surface area contributed by atoms with Gasteiger partial charge < -0.3 is 14.8 Å². The highest BCUT2D eigenvalue weighted by molar-refractivity contribution is 9.10. The molecule has 0 radical (unpaired) electrons. The van der Waals surface area contributed by atoms with Crippen molar-refractivity contribution < 1.29 is 14.3 Å². The number of unbranched alkanes of at least 4 members (excludes halogenated alkanes) is 2. The molecule has 4 nitrogen and oxygen atoms in total. The molecule has 0 saturated heterocycles. The molecule has 1 N–H and O–H groups in total. The lowest BCUT2D eigenvalue weighted by molar-refractivity contribution is -0.143. The van der Waals surface area contributed by atoms with Gasteiger partial charge in [-0.1, -0.05) is 6.07 Å². The zero-order valence-corrected chi connectivity index (χ0v) is 14.4. The maximum atomic E-state index is 11.2.